The van der Waals surface area contributed by atoms with Crippen LogP contribution in [0.2, 0.25) is 0 Å². The third-order valence-corrected chi connectivity index (χ3v) is 4.11. The van der Waals surface area contributed by atoms with Crippen LogP contribution in [0, 0.1) is 11.7 Å². The number of aromatic hydroxyl groups is 1. The third-order valence-electron chi connectivity index (χ3n) is 4.11. The molecule has 0 aliphatic carbocycles. The maximum Gasteiger partial charge on any atom is 0.410 e. The van der Waals surface area contributed by atoms with Gasteiger partial charge in [0.15, 0.2) is 5.82 Å². The van der Waals surface area contributed by atoms with E-state index in [2.05, 4.69) is 5.32 Å². The van der Waals surface area contributed by atoms with Crippen molar-refractivity contribution in [2.45, 2.75) is 39.2 Å². The molecule has 0 unspecified atom stereocenters. The van der Waals surface area contributed by atoms with E-state index in [1.165, 1.54) is 4.90 Å². The number of amides is 3. The number of benzene rings is 1. The molecule has 8 nitrogen and oxygen atoms in total. The molecule has 1 aromatic rings. The van der Waals surface area contributed by atoms with Gasteiger partial charge in [-0.2, -0.15) is 0 Å². The van der Waals surface area contributed by atoms with Crippen molar-refractivity contribution in [3.05, 3.63) is 23.5 Å². The first kappa shape index (κ1) is 20.5. The van der Waals surface area contributed by atoms with Gasteiger partial charge in [0.05, 0.1) is 11.3 Å². The Morgan fingerprint density at radius 1 is 1.26 bits per heavy atom. The van der Waals surface area contributed by atoms with Crippen LogP contribution < -0.4 is 11.1 Å². The highest BCUT2D eigenvalue weighted by molar-refractivity contribution is 6.04. The van der Waals surface area contributed by atoms with Gasteiger partial charge in [0, 0.05) is 25.1 Å². The minimum Gasteiger partial charge on any atom is -0.508 e. The van der Waals surface area contributed by atoms with E-state index in [-0.39, 0.29) is 11.3 Å². The lowest BCUT2D eigenvalue weighted by Gasteiger charge is -2.33. The number of nitrogens with two attached hydrogens (primary N) is 1. The largest absolute Gasteiger partial charge is 0.508 e. The van der Waals surface area contributed by atoms with Crippen molar-refractivity contribution >= 4 is 23.6 Å². The number of nitrogens with zero attached hydrogens (tertiary/aromatic N) is 1. The summed E-state index contributed by atoms with van der Waals surface area (Å²) >= 11 is 0. The van der Waals surface area contributed by atoms with Crippen LogP contribution in [-0.4, -0.2) is 46.6 Å². The summed E-state index contributed by atoms with van der Waals surface area (Å²) in [4.78, 5) is 37.5. The number of ether oxygens (including phenoxy) is 1. The summed E-state index contributed by atoms with van der Waals surface area (Å²) in [5, 5.41) is 11.8. The van der Waals surface area contributed by atoms with Gasteiger partial charge in [-0.15, -0.1) is 0 Å². The molecule has 3 amide bonds. The van der Waals surface area contributed by atoms with Crippen molar-refractivity contribution in [2.75, 3.05) is 18.4 Å². The van der Waals surface area contributed by atoms with Gasteiger partial charge in [0.25, 0.3) is 5.91 Å². The number of carbonyl (C=O) groups excluding carboxylic acids is 3. The smallest absolute Gasteiger partial charge is 0.410 e. The molecule has 1 saturated heterocycles. The Morgan fingerprint density at radius 2 is 1.85 bits per heavy atom. The molecular weight excluding hydrogens is 357 g/mol. The summed E-state index contributed by atoms with van der Waals surface area (Å²) in [5.41, 5.74) is 3.90. The van der Waals surface area contributed by atoms with Crippen LogP contribution in [0.1, 0.15) is 44.0 Å². The Balaban J connectivity index is 2.01. The lowest BCUT2D eigenvalue weighted by atomic mass is 9.96. The van der Waals surface area contributed by atoms with Crippen molar-refractivity contribution < 1.29 is 28.6 Å². The number of phenolic OH excluding ortho intramolecular Hbond substituents is 1. The molecule has 27 heavy (non-hydrogen) atoms. The van der Waals surface area contributed by atoms with Gasteiger partial charge in [-0.25, -0.2) is 9.18 Å². The molecule has 2 rings (SSSR count). The Labute approximate surface area is 156 Å². The van der Waals surface area contributed by atoms with Gasteiger partial charge in [-0.05, 0) is 39.7 Å². The molecule has 0 radical (unpaired) electrons. The van der Waals surface area contributed by atoms with E-state index < -0.39 is 41.0 Å². The highest BCUT2D eigenvalue weighted by atomic mass is 19.1. The van der Waals surface area contributed by atoms with Gasteiger partial charge < -0.3 is 25.8 Å². The molecule has 9 heteroatoms. The molecule has 1 heterocycles. The molecule has 1 aromatic carbocycles. The van der Waals surface area contributed by atoms with Gasteiger partial charge in [0.2, 0.25) is 5.91 Å². The Morgan fingerprint density at radius 3 is 2.37 bits per heavy atom. The van der Waals surface area contributed by atoms with Crippen LogP contribution >= 0.6 is 0 Å². The highest BCUT2D eigenvalue weighted by Crippen LogP contribution is 2.27. The summed E-state index contributed by atoms with van der Waals surface area (Å²) in [5.74, 6) is -3.34. The number of phenols is 1. The number of piperidine rings is 1. The van der Waals surface area contributed by atoms with Crippen molar-refractivity contribution in [1.29, 1.82) is 0 Å². The molecule has 0 aromatic heterocycles. The molecular formula is C18H24FN3O5. The number of primary amides is 1. The maximum atomic E-state index is 14.1. The van der Waals surface area contributed by atoms with Gasteiger partial charge in [-0.3, -0.25) is 9.59 Å². The molecule has 1 fully saturated rings. The van der Waals surface area contributed by atoms with Crippen molar-refractivity contribution in [2.24, 2.45) is 11.7 Å². The average molecular weight is 381 g/mol. The lowest BCUT2D eigenvalue weighted by Crippen LogP contribution is -2.43. The number of anilines is 1. The number of nitrogens with one attached hydrogen (secondary N) is 1. The summed E-state index contributed by atoms with van der Waals surface area (Å²) in [6.45, 7) is 5.97. The summed E-state index contributed by atoms with van der Waals surface area (Å²) in [6, 6.07) is 1.78. The van der Waals surface area contributed by atoms with E-state index in [1.807, 2.05) is 0 Å². The van der Waals surface area contributed by atoms with E-state index in [4.69, 9.17) is 10.5 Å². The number of hydrogen-bond acceptors (Lipinski definition) is 5. The SMILES string of the molecule is CC(C)(C)OC(=O)N1CCC(C(=O)Nc2c(F)cc(O)cc2C(N)=O)CC1. The normalized spacial score (nSPS) is 15.3. The zero-order valence-electron chi connectivity index (χ0n) is 15.5. The fourth-order valence-corrected chi connectivity index (χ4v) is 2.79. The van der Waals surface area contributed by atoms with Crippen molar-refractivity contribution in [3.8, 4) is 5.75 Å². The molecule has 148 valence electrons. The van der Waals surface area contributed by atoms with Crippen LogP contribution in [0.4, 0.5) is 14.9 Å². The predicted molar refractivity (Wildman–Crippen MR) is 95.7 cm³/mol. The molecule has 0 atom stereocenters. The van der Waals surface area contributed by atoms with Crippen LogP contribution in [0.5, 0.6) is 5.75 Å². The lowest BCUT2D eigenvalue weighted by molar-refractivity contribution is -0.121. The highest BCUT2D eigenvalue weighted by Gasteiger charge is 2.30. The van der Waals surface area contributed by atoms with Crippen molar-refractivity contribution in [3.63, 3.8) is 0 Å². The average Bonchev–Trinajstić information content (AvgIpc) is 2.55. The molecule has 1 aliphatic rings. The Bertz CT molecular complexity index is 752. The monoisotopic (exact) mass is 381 g/mol. The zero-order chi connectivity index (χ0) is 20.4. The van der Waals surface area contributed by atoms with Crippen LogP contribution in [-0.2, 0) is 9.53 Å². The van der Waals surface area contributed by atoms with E-state index in [0.717, 1.165) is 12.1 Å². The molecule has 0 spiro atoms. The molecule has 1 aliphatic heterocycles. The first-order valence-electron chi connectivity index (χ1n) is 8.59. The fraction of sp³-hybridized carbons (Fsp3) is 0.500. The van der Waals surface area contributed by atoms with E-state index in [0.29, 0.717) is 25.9 Å². The number of likely N-dealkylation sites (tertiary alicyclic amines) is 1. The first-order chi connectivity index (χ1) is 12.5. The minimum absolute atomic E-state index is 0.313. The number of carbonyl (C=O) groups is 3. The van der Waals surface area contributed by atoms with Crippen molar-refractivity contribution in [1.82, 2.24) is 4.90 Å². The third kappa shape index (κ3) is 5.32. The second-order valence-corrected chi connectivity index (χ2v) is 7.45. The molecule has 0 bridgehead atoms. The van der Waals surface area contributed by atoms with E-state index in [1.54, 1.807) is 20.8 Å². The number of halogens is 1. The maximum absolute atomic E-state index is 14.1. The van der Waals surface area contributed by atoms with E-state index in [9.17, 15) is 23.9 Å². The van der Waals surface area contributed by atoms with E-state index >= 15 is 0 Å². The second kappa shape index (κ2) is 7.81. The predicted octanol–water partition coefficient (Wildman–Crippen LogP) is 2.22. The molecule has 0 saturated carbocycles. The second-order valence-electron chi connectivity index (χ2n) is 7.45. The Kier molecular flexibility index (Phi) is 5.92. The molecule has 4 N–H and O–H groups in total. The quantitative estimate of drug-likeness (QED) is 0.693. The standard InChI is InChI=1S/C18H24FN3O5/c1-18(2,3)27-17(26)22-6-4-10(5-7-22)16(25)21-14-12(15(20)24)8-11(23)9-13(14)19/h8-10,23H,4-7H2,1-3H3,(H2,20,24)(H,21,25). The summed E-state index contributed by atoms with van der Waals surface area (Å²) in [6.07, 6.45) is 0.301. The topological polar surface area (TPSA) is 122 Å². The van der Waals surface area contributed by atoms with Crippen LogP contribution in [0.25, 0.3) is 0 Å². The number of rotatable bonds is 3. The summed E-state index contributed by atoms with van der Waals surface area (Å²) in [7, 11) is 0. The minimum atomic E-state index is -0.972. The Hall–Kier alpha value is -2.84. The number of hydrogen-bond donors (Lipinski definition) is 3. The van der Waals surface area contributed by atoms with Gasteiger partial charge >= 0.3 is 6.09 Å². The van der Waals surface area contributed by atoms with Gasteiger partial charge in [0.1, 0.15) is 11.4 Å². The first-order valence-corrected chi connectivity index (χ1v) is 8.59. The van der Waals surface area contributed by atoms with Crippen LogP contribution in [0.3, 0.4) is 0 Å². The zero-order valence-corrected chi connectivity index (χ0v) is 15.5. The van der Waals surface area contributed by atoms with Gasteiger partial charge in [-0.1, -0.05) is 0 Å². The fourth-order valence-electron chi connectivity index (χ4n) is 2.79. The summed E-state index contributed by atoms with van der Waals surface area (Å²) < 4.78 is 19.4. The van der Waals surface area contributed by atoms with Crippen LogP contribution in [0.15, 0.2) is 12.1 Å².